The Kier molecular flexibility index (Phi) is 5.55. The molecule has 0 aliphatic carbocycles. The third-order valence-corrected chi connectivity index (χ3v) is 7.89. The van der Waals surface area contributed by atoms with E-state index in [4.69, 9.17) is 4.98 Å². The van der Waals surface area contributed by atoms with E-state index in [0.29, 0.717) is 0 Å². The number of hydrogen-bond donors (Lipinski definition) is 0. The van der Waals surface area contributed by atoms with Gasteiger partial charge in [0.25, 0.3) is 0 Å². The number of hydrogen-bond acceptors (Lipinski definition) is 5. The molecule has 0 aliphatic heterocycles. The summed E-state index contributed by atoms with van der Waals surface area (Å²) in [6.45, 7) is 0. The van der Waals surface area contributed by atoms with Gasteiger partial charge in [-0.2, -0.15) is 0 Å². The maximum atomic E-state index is 5.11. The van der Waals surface area contributed by atoms with Gasteiger partial charge in [-0.05, 0) is 82.9 Å². The lowest BCUT2D eigenvalue weighted by atomic mass is 10.0. The van der Waals surface area contributed by atoms with E-state index >= 15 is 0 Å². The van der Waals surface area contributed by atoms with Gasteiger partial charge in [0.2, 0.25) is 0 Å². The normalized spacial score (nSPS) is 10.9. The molecule has 0 fully saturated rings. The second-order valence-electron chi connectivity index (χ2n) is 7.79. The van der Waals surface area contributed by atoms with E-state index in [1.807, 2.05) is 55.1 Å². The van der Waals surface area contributed by atoms with Gasteiger partial charge in [-0.25, -0.2) is 4.98 Å². The van der Waals surface area contributed by atoms with Gasteiger partial charge in [0.1, 0.15) is 0 Å². The van der Waals surface area contributed by atoms with Crippen molar-refractivity contribution < 1.29 is 0 Å². The zero-order chi connectivity index (χ0) is 22.7. The summed E-state index contributed by atoms with van der Waals surface area (Å²) in [6.07, 6.45) is 7.33. The molecule has 0 radical (unpaired) electrons. The molecule has 0 spiro atoms. The summed E-state index contributed by atoms with van der Waals surface area (Å²) in [5, 5.41) is 0. The van der Waals surface area contributed by atoms with Gasteiger partial charge < -0.3 is 0 Å². The first-order valence-electron chi connectivity index (χ1n) is 10.9. The Balaban J connectivity index is 1.45. The van der Waals surface area contributed by atoms with Crippen LogP contribution in [-0.4, -0.2) is 15.0 Å². The quantitative estimate of drug-likeness (QED) is 0.253. The molecule has 34 heavy (non-hydrogen) atoms. The van der Waals surface area contributed by atoms with E-state index in [9.17, 15) is 0 Å². The van der Waals surface area contributed by atoms with E-state index in [-0.39, 0.29) is 0 Å². The van der Waals surface area contributed by atoms with Gasteiger partial charge in [0.15, 0.2) is 0 Å². The summed E-state index contributed by atoms with van der Waals surface area (Å²) in [7, 11) is 0. The maximum Gasteiger partial charge on any atom is 0.0815 e. The summed E-state index contributed by atoms with van der Waals surface area (Å²) < 4.78 is 0. The van der Waals surface area contributed by atoms with Crippen LogP contribution in [0.25, 0.3) is 53.2 Å². The number of benzene rings is 1. The zero-order valence-electron chi connectivity index (χ0n) is 18.1. The minimum Gasteiger partial charge on any atom is -0.265 e. The molecule has 0 saturated carbocycles. The second-order valence-corrected chi connectivity index (χ2v) is 9.96. The largest absolute Gasteiger partial charge is 0.265 e. The standard InChI is InChI=1S/C29H19N3S2/c1-2-4-20(5-3-1)23-18-24(28-8-6-26(33-28)21-10-14-30-15-11-21)32-25(19-23)29-9-7-27(34-29)22-12-16-31-17-13-22/h1-19H. The van der Waals surface area contributed by atoms with Gasteiger partial charge in [-0.3, -0.25) is 9.97 Å². The molecule has 0 amide bonds. The van der Waals surface area contributed by atoms with Crippen molar-refractivity contribution >= 4 is 22.7 Å². The number of thiophene rings is 2. The highest BCUT2D eigenvalue weighted by Crippen LogP contribution is 2.39. The van der Waals surface area contributed by atoms with Crippen LogP contribution in [0.3, 0.4) is 0 Å². The minimum absolute atomic E-state index is 0.987. The molecule has 0 aliphatic rings. The smallest absolute Gasteiger partial charge is 0.0815 e. The molecule has 3 nitrogen and oxygen atoms in total. The average Bonchev–Trinajstić information content (AvgIpc) is 3.61. The third-order valence-electron chi connectivity index (χ3n) is 5.58. The van der Waals surface area contributed by atoms with Crippen LogP contribution in [0.4, 0.5) is 0 Å². The minimum atomic E-state index is 0.987. The van der Waals surface area contributed by atoms with Crippen LogP contribution in [0.1, 0.15) is 0 Å². The Bertz CT molecular complexity index is 1440. The molecule has 5 heterocycles. The zero-order valence-corrected chi connectivity index (χ0v) is 19.8. The van der Waals surface area contributed by atoms with E-state index in [1.54, 1.807) is 22.7 Å². The highest BCUT2D eigenvalue weighted by Gasteiger charge is 2.13. The summed E-state index contributed by atoms with van der Waals surface area (Å²) in [6, 6.07) is 31.7. The van der Waals surface area contributed by atoms with E-state index in [1.165, 1.54) is 32.0 Å². The number of aromatic nitrogens is 3. The lowest BCUT2D eigenvalue weighted by Gasteiger charge is -2.08. The average molecular weight is 474 g/mol. The fourth-order valence-corrected chi connectivity index (χ4v) is 5.82. The van der Waals surface area contributed by atoms with Gasteiger partial charge in [-0.15, -0.1) is 22.7 Å². The highest BCUT2D eigenvalue weighted by molar-refractivity contribution is 7.19. The molecule has 5 heteroatoms. The van der Waals surface area contributed by atoms with Crippen LogP contribution < -0.4 is 0 Å². The fourth-order valence-electron chi connectivity index (χ4n) is 3.87. The summed E-state index contributed by atoms with van der Waals surface area (Å²) in [4.78, 5) is 18.1. The van der Waals surface area contributed by atoms with Crippen LogP contribution in [0.2, 0.25) is 0 Å². The third kappa shape index (κ3) is 4.19. The number of nitrogens with zero attached hydrogens (tertiary/aromatic N) is 3. The first-order chi connectivity index (χ1) is 16.8. The Labute approximate surface area is 206 Å². The van der Waals surface area contributed by atoms with E-state index < -0.39 is 0 Å². The van der Waals surface area contributed by atoms with Crippen molar-refractivity contribution in [3.05, 3.63) is 116 Å². The van der Waals surface area contributed by atoms with Crippen LogP contribution in [-0.2, 0) is 0 Å². The van der Waals surface area contributed by atoms with Crippen LogP contribution in [0.15, 0.2) is 116 Å². The molecule has 0 N–H and O–H groups in total. The Morgan fingerprint density at radius 1 is 0.412 bits per heavy atom. The molecular formula is C29H19N3S2. The molecule has 6 aromatic rings. The monoisotopic (exact) mass is 473 g/mol. The Hall–Kier alpha value is -3.93. The van der Waals surface area contributed by atoms with Crippen molar-refractivity contribution in [3.8, 4) is 53.2 Å². The van der Waals surface area contributed by atoms with Crippen molar-refractivity contribution in [2.75, 3.05) is 0 Å². The highest BCUT2D eigenvalue weighted by atomic mass is 32.1. The Morgan fingerprint density at radius 2 is 0.882 bits per heavy atom. The van der Waals surface area contributed by atoms with Gasteiger partial charge in [0.05, 0.1) is 21.1 Å². The molecule has 0 saturated heterocycles. The SMILES string of the molecule is c1ccc(-c2cc(-c3ccc(-c4ccncc4)s3)nc(-c3ccc(-c4ccncc4)s3)c2)cc1. The number of rotatable bonds is 5. The lowest BCUT2D eigenvalue weighted by Crippen LogP contribution is -1.88. The van der Waals surface area contributed by atoms with Gasteiger partial charge in [-0.1, -0.05) is 30.3 Å². The molecular weight excluding hydrogens is 454 g/mol. The first-order valence-corrected chi connectivity index (χ1v) is 12.6. The lowest BCUT2D eigenvalue weighted by molar-refractivity contribution is 1.33. The van der Waals surface area contributed by atoms with Gasteiger partial charge in [0, 0.05) is 34.5 Å². The predicted octanol–water partition coefficient (Wildman–Crippen LogP) is 8.33. The molecule has 0 unspecified atom stereocenters. The number of pyridine rings is 3. The molecule has 0 atom stereocenters. The van der Waals surface area contributed by atoms with Crippen LogP contribution in [0, 0.1) is 0 Å². The molecule has 0 bridgehead atoms. The molecule has 5 aromatic heterocycles. The van der Waals surface area contributed by atoms with E-state index in [2.05, 4.69) is 70.6 Å². The van der Waals surface area contributed by atoms with E-state index in [0.717, 1.165) is 21.1 Å². The van der Waals surface area contributed by atoms with Gasteiger partial charge >= 0.3 is 0 Å². The van der Waals surface area contributed by atoms with Crippen LogP contribution >= 0.6 is 22.7 Å². The van der Waals surface area contributed by atoms with Crippen LogP contribution in [0.5, 0.6) is 0 Å². The summed E-state index contributed by atoms with van der Waals surface area (Å²) in [5.74, 6) is 0. The first kappa shape index (κ1) is 20.7. The topological polar surface area (TPSA) is 38.7 Å². The molecule has 1 aromatic carbocycles. The van der Waals surface area contributed by atoms with Crippen molar-refractivity contribution in [2.45, 2.75) is 0 Å². The summed E-state index contributed by atoms with van der Waals surface area (Å²) >= 11 is 3.51. The van der Waals surface area contributed by atoms with Crippen molar-refractivity contribution in [2.24, 2.45) is 0 Å². The van der Waals surface area contributed by atoms with Crippen molar-refractivity contribution in [3.63, 3.8) is 0 Å². The van der Waals surface area contributed by atoms with Crippen molar-refractivity contribution in [1.29, 1.82) is 0 Å². The second kappa shape index (κ2) is 9.14. The molecule has 6 rings (SSSR count). The maximum absolute atomic E-state index is 5.11. The fraction of sp³-hybridized carbons (Fsp3) is 0. The van der Waals surface area contributed by atoms with Crippen molar-refractivity contribution in [1.82, 2.24) is 15.0 Å². The molecule has 162 valence electrons. The summed E-state index contributed by atoms with van der Waals surface area (Å²) in [5.41, 5.74) is 6.67. The Morgan fingerprint density at radius 3 is 1.38 bits per heavy atom. The predicted molar refractivity (Wildman–Crippen MR) is 143 cm³/mol.